The van der Waals surface area contributed by atoms with Crippen LogP contribution in [0.2, 0.25) is 0 Å². The van der Waals surface area contributed by atoms with E-state index in [1.807, 2.05) is 0 Å². The van der Waals surface area contributed by atoms with Crippen LogP contribution in [0.1, 0.15) is 0 Å². The van der Waals surface area contributed by atoms with Crippen LogP contribution in [0.3, 0.4) is 0 Å². The molecule has 0 bridgehead atoms. The lowest BCUT2D eigenvalue weighted by Crippen LogP contribution is -2.36. The summed E-state index contributed by atoms with van der Waals surface area (Å²) in [5.41, 5.74) is 0. The van der Waals surface area contributed by atoms with E-state index in [1.165, 1.54) is 0 Å². The summed E-state index contributed by atoms with van der Waals surface area (Å²) < 4.78 is 10.9. The molecule has 0 rings (SSSR count). The molecule has 0 aromatic rings. The van der Waals surface area contributed by atoms with E-state index in [-0.39, 0.29) is 6.61 Å². The number of aliphatic hydroxyl groups excluding tert-OH is 1. The van der Waals surface area contributed by atoms with Crippen LogP contribution in [0, 0.1) is 0 Å². The Bertz CT molecular complexity index is 259. The average molecular weight is 273 g/mol. The summed E-state index contributed by atoms with van der Waals surface area (Å²) >= 11 is 0. The van der Waals surface area contributed by atoms with Crippen molar-refractivity contribution in [1.82, 2.24) is 5.32 Å². The van der Waals surface area contributed by atoms with Gasteiger partial charge < -0.3 is 24.5 Å². The zero-order chi connectivity index (χ0) is 14.1. The predicted molar refractivity (Wildman–Crippen MR) is 62.5 cm³/mol. The fraction of sp³-hybridized carbons (Fsp3) is 0.875. The Morgan fingerprint density at radius 1 is 1.29 bits per heavy atom. The second kappa shape index (κ2) is 8.57. The van der Waals surface area contributed by atoms with Gasteiger partial charge in [0, 0.05) is 0 Å². The van der Waals surface area contributed by atoms with Crippen LogP contribution in [0.25, 0.3) is 0 Å². The van der Waals surface area contributed by atoms with Crippen LogP contribution >= 0.6 is 7.60 Å². The van der Waals surface area contributed by atoms with Crippen molar-refractivity contribution in [3.63, 3.8) is 0 Å². The van der Waals surface area contributed by atoms with Gasteiger partial charge in [0.25, 0.3) is 0 Å². The number of aliphatic carboxylic acids is 1. The van der Waals surface area contributed by atoms with Crippen LogP contribution in [0.4, 0.5) is 0 Å². The van der Waals surface area contributed by atoms with Crippen molar-refractivity contribution in [2.75, 3.05) is 47.1 Å². The predicted octanol–water partition coefficient (Wildman–Crippen LogP) is -1.52. The molecule has 0 aliphatic heterocycles. The number of carboxylic acids is 1. The largest absolute Gasteiger partial charge is 0.480 e. The summed E-state index contributed by atoms with van der Waals surface area (Å²) in [7, 11) is 2.06. The first kappa shape index (κ1) is 18.9. The lowest BCUT2D eigenvalue weighted by molar-refractivity contribution is -0.870. The quantitative estimate of drug-likeness (QED) is 0.294. The minimum absolute atomic E-state index is 0.281. The summed E-state index contributed by atoms with van der Waals surface area (Å²) in [4.78, 5) is 26.1. The van der Waals surface area contributed by atoms with E-state index in [2.05, 4.69) is 26.5 Å². The van der Waals surface area contributed by atoms with Gasteiger partial charge in [-0.2, -0.15) is 0 Å². The highest BCUT2D eigenvalue weighted by Gasteiger charge is 2.11. The van der Waals surface area contributed by atoms with Gasteiger partial charge in [0.15, 0.2) is 0 Å². The highest BCUT2D eigenvalue weighted by Crippen LogP contribution is 2.31. The molecule has 8 nitrogen and oxygen atoms in total. The molecule has 0 aromatic heterocycles. The van der Waals surface area contributed by atoms with E-state index in [4.69, 9.17) is 20.0 Å². The monoisotopic (exact) mass is 273 g/mol. The van der Waals surface area contributed by atoms with Crippen LogP contribution < -0.4 is 5.32 Å². The van der Waals surface area contributed by atoms with Crippen molar-refractivity contribution >= 4 is 13.6 Å². The second-order valence-corrected chi connectivity index (χ2v) is 6.03. The van der Waals surface area contributed by atoms with E-state index in [9.17, 15) is 9.36 Å². The van der Waals surface area contributed by atoms with Gasteiger partial charge in [-0.1, -0.05) is 0 Å². The van der Waals surface area contributed by atoms with E-state index in [0.29, 0.717) is 0 Å². The topological polar surface area (TPSA) is 127 Å². The molecule has 0 radical (unpaired) electrons. The normalized spacial score (nSPS) is 11.6. The summed E-state index contributed by atoms with van der Waals surface area (Å²) in [6.45, 7) is 0.675. The van der Waals surface area contributed by atoms with E-state index < -0.39 is 26.4 Å². The van der Waals surface area contributed by atoms with Gasteiger partial charge in [0.2, 0.25) is 0 Å². The number of quaternary nitrogens is 1. The third-order valence-corrected chi connectivity index (χ3v) is 2.00. The lowest BCUT2D eigenvalue weighted by atomic mass is 10.5. The van der Waals surface area contributed by atoms with Crippen molar-refractivity contribution < 1.29 is 33.8 Å². The first-order valence-electron chi connectivity index (χ1n) is 4.86. The second-order valence-electron chi connectivity index (χ2n) is 4.38. The Labute approximate surface area is 101 Å². The number of carbonyl (C=O) groups is 1. The maximum absolute atomic E-state index is 10.1. The highest BCUT2D eigenvalue weighted by molar-refractivity contribution is 7.51. The molecule has 0 heterocycles. The summed E-state index contributed by atoms with van der Waals surface area (Å²) in [5.74, 6) is -1.14. The number of aliphatic hydroxyl groups is 1. The number of carboxylic acid groups (broad SMARTS) is 1. The molecule has 0 aliphatic carbocycles. The smallest absolute Gasteiger partial charge is 0.339 e. The zero-order valence-corrected chi connectivity index (χ0v) is 11.2. The van der Waals surface area contributed by atoms with Crippen LogP contribution in [-0.4, -0.2) is 77.6 Å². The average Bonchev–Trinajstić information content (AvgIpc) is 1.98. The molecule has 0 saturated carbocycles. The number of nitrogens with zero attached hydrogens (tertiary/aromatic N) is 1. The minimum atomic E-state index is -4.10. The van der Waals surface area contributed by atoms with Crippen LogP contribution in [0.15, 0.2) is 0 Å². The maximum atomic E-state index is 10.1. The van der Waals surface area contributed by atoms with Crippen LogP contribution in [0.5, 0.6) is 0 Å². The van der Waals surface area contributed by atoms with Crippen LogP contribution in [-0.2, 0) is 9.36 Å². The zero-order valence-electron chi connectivity index (χ0n) is 10.3. The van der Waals surface area contributed by atoms with Crippen molar-refractivity contribution in [3.05, 3.63) is 0 Å². The van der Waals surface area contributed by atoms with Gasteiger partial charge in [-0.05, 0) is 0 Å². The molecular formula is C8H22N2O6P+. The van der Waals surface area contributed by atoms with Gasteiger partial charge in [0.1, 0.15) is 6.54 Å². The molecule has 0 spiro atoms. The Kier molecular flexibility index (Phi) is 9.51. The Hall–Kier alpha value is -0.500. The highest BCUT2D eigenvalue weighted by atomic mass is 31.2. The number of rotatable bonds is 6. The molecule has 17 heavy (non-hydrogen) atoms. The molecule has 0 amide bonds. The number of hydrogen-bond acceptors (Lipinski definition) is 4. The number of likely N-dealkylation sites (N-methyl/N-ethyl adjacent to an activating group) is 1. The van der Waals surface area contributed by atoms with Gasteiger partial charge >= 0.3 is 13.6 Å². The van der Waals surface area contributed by atoms with Gasteiger partial charge in [-0.3, -0.25) is 14.7 Å². The molecule has 0 saturated heterocycles. The number of nitrogens with one attached hydrogen (secondary N) is 1. The molecule has 0 aromatic carbocycles. The molecule has 5 N–H and O–H groups in total. The minimum Gasteiger partial charge on any atom is -0.480 e. The standard InChI is InChI=1S/C5H14NO.C3H8NO5P/c1-6(2,3)4-5-7;5-3(6)1-4-2-10(7,8)9/h7H,4-5H2,1-3H3;4H,1-2H2,(H,5,6)(H2,7,8,9)/q+1;. The fourth-order valence-electron chi connectivity index (χ4n) is 0.608. The Balaban J connectivity index is 0. The van der Waals surface area contributed by atoms with Crippen molar-refractivity contribution in [3.8, 4) is 0 Å². The first-order valence-corrected chi connectivity index (χ1v) is 6.66. The molecular weight excluding hydrogens is 251 g/mol. The van der Waals surface area contributed by atoms with E-state index in [0.717, 1.165) is 11.0 Å². The Morgan fingerprint density at radius 3 is 1.94 bits per heavy atom. The van der Waals surface area contributed by atoms with Crippen molar-refractivity contribution in [2.24, 2.45) is 0 Å². The maximum Gasteiger partial charge on any atom is 0.339 e. The van der Waals surface area contributed by atoms with Crippen molar-refractivity contribution in [2.45, 2.75) is 0 Å². The first-order chi connectivity index (χ1) is 7.48. The fourth-order valence-corrected chi connectivity index (χ4v) is 1.01. The molecule has 0 atom stereocenters. The molecule has 0 aliphatic rings. The summed E-state index contributed by atoms with van der Waals surface area (Å²) in [5, 5.41) is 18.4. The lowest BCUT2D eigenvalue weighted by Gasteiger charge is -2.21. The number of hydrogen-bond donors (Lipinski definition) is 5. The summed E-state index contributed by atoms with van der Waals surface area (Å²) in [6, 6.07) is 0. The summed E-state index contributed by atoms with van der Waals surface area (Å²) in [6.07, 6.45) is -0.598. The SMILES string of the molecule is C[N+](C)(C)CCO.O=C(O)CNCP(=O)(O)O. The van der Waals surface area contributed by atoms with E-state index >= 15 is 0 Å². The van der Waals surface area contributed by atoms with Gasteiger partial charge in [-0.15, -0.1) is 0 Å². The molecule has 0 unspecified atom stereocenters. The van der Waals surface area contributed by atoms with Gasteiger partial charge in [0.05, 0.1) is 40.6 Å². The Morgan fingerprint density at radius 2 is 1.76 bits per heavy atom. The molecule has 0 fully saturated rings. The van der Waals surface area contributed by atoms with E-state index in [1.54, 1.807) is 0 Å². The molecule has 104 valence electrons. The van der Waals surface area contributed by atoms with Gasteiger partial charge in [-0.25, -0.2) is 0 Å². The third-order valence-electron chi connectivity index (χ3n) is 1.36. The molecule has 9 heteroatoms. The third kappa shape index (κ3) is 25.6. The van der Waals surface area contributed by atoms with Crippen molar-refractivity contribution in [1.29, 1.82) is 0 Å².